The third-order valence-electron chi connectivity index (χ3n) is 1.64. The summed E-state index contributed by atoms with van der Waals surface area (Å²) in [6, 6.07) is 5.53. The van der Waals surface area contributed by atoms with E-state index in [1.165, 1.54) is 0 Å². The summed E-state index contributed by atoms with van der Waals surface area (Å²) >= 11 is 5.25. The maximum Gasteiger partial charge on any atom is 0.307 e. The van der Waals surface area contributed by atoms with Gasteiger partial charge in [0.25, 0.3) is 0 Å². The molecule has 0 radical (unpaired) electrons. The van der Waals surface area contributed by atoms with Gasteiger partial charge in [-0.1, -0.05) is 15.9 Å². The Kier molecular flexibility index (Phi) is 3.89. The monoisotopic (exact) mass is 365 g/mol. The van der Waals surface area contributed by atoms with Crippen molar-refractivity contribution in [3.05, 3.63) is 31.3 Å². The first-order valence-electron chi connectivity index (χ1n) is 3.65. The number of aliphatic carboxylic acids is 1. The molecule has 14 heavy (non-hydrogen) atoms. The summed E-state index contributed by atoms with van der Waals surface area (Å²) in [5.41, 5.74) is 0.967. The van der Waals surface area contributed by atoms with E-state index in [0.717, 1.165) is 3.57 Å². The zero-order chi connectivity index (χ0) is 10.7. The lowest BCUT2D eigenvalue weighted by atomic mass is 10.1. The lowest BCUT2D eigenvalue weighted by Crippen LogP contribution is -2.04. The molecule has 0 unspecified atom stereocenters. The highest BCUT2D eigenvalue weighted by Crippen LogP contribution is 2.25. The van der Waals surface area contributed by atoms with E-state index in [1.807, 2.05) is 28.7 Å². The van der Waals surface area contributed by atoms with Crippen molar-refractivity contribution < 1.29 is 9.90 Å². The van der Waals surface area contributed by atoms with E-state index in [9.17, 15) is 4.79 Å². The zero-order valence-corrected chi connectivity index (χ0v) is 10.7. The minimum atomic E-state index is -0.941. The van der Waals surface area contributed by atoms with Gasteiger partial charge in [0.05, 0.1) is 12.0 Å². The van der Waals surface area contributed by atoms with Gasteiger partial charge in [-0.25, -0.2) is 0 Å². The normalized spacial score (nSPS) is 9.50. The van der Waals surface area contributed by atoms with Gasteiger partial charge in [0, 0.05) is 8.04 Å². The summed E-state index contributed by atoms with van der Waals surface area (Å²) in [5.74, 6) is -0.941. The summed E-state index contributed by atoms with van der Waals surface area (Å²) in [7, 11) is 0. The molecule has 0 saturated carbocycles. The Morgan fingerprint density at radius 3 is 2.79 bits per heavy atom. The van der Waals surface area contributed by atoms with Crippen molar-refractivity contribution >= 4 is 44.5 Å². The van der Waals surface area contributed by atoms with Gasteiger partial charge in [-0.05, 0) is 40.3 Å². The van der Waals surface area contributed by atoms with E-state index < -0.39 is 5.97 Å². The van der Waals surface area contributed by atoms with Gasteiger partial charge in [0.2, 0.25) is 0 Å². The summed E-state index contributed by atoms with van der Waals surface area (Å²) in [6.45, 7) is 0. The van der Waals surface area contributed by atoms with Crippen LogP contribution in [-0.4, -0.2) is 11.1 Å². The van der Waals surface area contributed by atoms with Crippen molar-refractivity contribution in [1.29, 1.82) is 5.26 Å². The minimum absolute atomic E-state index is 0.139. The summed E-state index contributed by atoms with van der Waals surface area (Å²) < 4.78 is 1.43. The molecule has 0 aliphatic rings. The van der Waals surface area contributed by atoms with Crippen LogP contribution in [-0.2, 0) is 11.2 Å². The molecule has 0 amide bonds. The number of benzene rings is 1. The molecule has 0 heterocycles. The molecule has 1 aromatic carbocycles. The van der Waals surface area contributed by atoms with Crippen LogP contribution in [0.25, 0.3) is 0 Å². The summed E-state index contributed by atoms with van der Waals surface area (Å²) in [4.78, 5) is 10.6. The van der Waals surface area contributed by atoms with Crippen LogP contribution >= 0.6 is 38.5 Å². The van der Waals surface area contributed by atoms with E-state index in [1.54, 1.807) is 12.1 Å². The van der Waals surface area contributed by atoms with Crippen LogP contribution in [0.3, 0.4) is 0 Å². The third-order valence-corrected chi connectivity index (χ3v) is 3.29. The molecule has 1 aromatic rings. The highest BCUT2D eigenvalue weighted by atomic mass is 127. The van der Waals surface area contributed by atoms with Crippen LogP contribution in [0.4, 0.5) is 0 Å². The minimum Gasteiger partial charge on any atom is -0.481 e. The number of halogens is 2. The highest BCUT2D eigenvalue weighted by molar-refractivity contribution is 14.1. The molecule has 0 aliphatic carbocycles. The van der Waals surface area contributed by atoms with E-state index in [0.29, 0.717) is 15.6 Å². The van der Waals surface area contributed by atoms with Crippen LogP contribution in [0, 0.1) is 14.9 Å². The fourth-order valence-corrected chi connectivity index (χ4v) is 2.14. The van der Waals surface area contributed by atoms with Crippen molar-refractivity contribution in [2.24, 2.45) is 0 Å². The van der Waals surface area contributed by atoms with Crippen LogP contribution in [0.15, 0.2) is 16.6 Å². The smallest absolute Gasteiger partial charge is 0.307 e. The average molecular weight is 366 g/mol. The largest absolute Gasteiger partial charge is 0.481 e. The number of rotatable bonds is 2. The molecule has 0 aliphatic heterocycles. The second-order valence-corrected chi connectivity index (χ2v) is 4.58. The van der Waals surface area contributed by atoms with Gasteiger partial charge >= 0.3 is 5.97 Å². The van der Waals surface area contributed by atoms with E-state index in [-0.39, 0.29) is 6.42 Å². The lowest BCUT2D eigenvalue weighted by Gasteiger charge is -2.05. The van der Waals surface area contributed by atoms with Crippen LogP contribution in [0.1, 0.15) is 11.1 Å². The number of nitriles is 1. The fraction of sp³-hybridized carbons (Fsp3) is 0.111. The van der Waals surface area contributed by atoms with Crippen molar-refractivity contribution in [2.75, 3.05) is 0 Å². The molecular weight excluding hydrogens is 361 g/mol. The fourth-order valence-electron chi connectivity index (χ4n) is 1.04. The maximum atomic E-state index is 10.6. The van der Waals surface area contributed by atoms with Crippen molar-refractivity contribution in [2.45, 2.75) is 6.42 Å². The predicted molar refractivity (Wildman–Crippen MR) is 62.9 cm³/mol. The molecule has 1 rings (SSSR count). The molecular formula is C9H5BrINO2. The number of carbonyl (C=O) groups is 1. The SMILES string of the molecule is N#Cc1c(I)ccc(Br)c1CC(=O)O. The number of hydrogen-bond donors (Lipinski definition) is 1. The van der Waals surface area contributed by atoms with Crippen LogP contribution in [0.2, 0.25) is 0 Å². The quantitative estimate of drug-likeness (QED) is 0.819. The second-order valence-electron chi connectivity index (χ2n) is 2.57. The number of hydrogen-bond acceptors (Lipinski definition) is 2. The Balaban J connectivity index is 3.31. The van der Waals surface area contributed by atoms with Gasteiger partial charge in [-0.15, -0.1) is 0 Å². The summed E-state index contributed by atoms with van der Waals surface area (Å²) in [5, 5.41) is 17.5. The van der Waals surface area contributed by atoms with Gasteiger partial charge in [-0.3, -0.25) is 4.79 Å². The van der Waals surface area contributed by atoms with E-state index in [2.05, 4.69) is 15.9 Å². The first kappa shape index (κ1) is 11.5. The first-order chi connectivity index (χ1) is 6.56. The molecule has 0 atom stereocenters. The molecule has 72 valence electrons. The molecule has 0 aromatic heterocycles. The Morgan fingerprint density at radius 1 is 1.64 bits per heavy atom. The standard InChI is InChI=1S/C9H5BrINO2/c10-7-1-2-8(11)6(4-12)5(7)3-9(13)14/h1-2H,3H2,(H,13,14). The Bertz CT molecular complexity index is 426. The van der Waals surface area contributed by atoms with Crippen molar-refractivity contribution in [3.8, 4) is 6.07 Å². The first-order valence-corrected chi connectivity index (χ1v) is 5.52. The molecule has 1 N–H and O–H groups in total. The molecule has 0 spiro atoms. The average Bonchev–Trinajstić information content (AvgIpc) is 2.11. The Labute approximate surface area is 103 Å². The third kappa shape index (κ3) is 2.45. The topological polar surface area (TPSA) is 61.1 Å². The number of nitrogens with zero attached hydrogens (tertiary/aromatic N) is 1. The predicted octanol–water partition coefficient (Wildman–Crippen LogP) is 2.55. The number of carboxylic acid groups (broad SMARTS) is 1. The molecule has 0 saturated heterocycles. The van der Waals surface area contributed by atoms with Gasteiger partial charge in [0.15, 0.2) is 0 Å². The highest BCUT2D eigenvalue weighted by Gasteiger charge is 2.13. The Morgan fingerprint density at radius 2 is 2.29 bits per heavy atom. The van der Waals surface area contributed by atoms with Crippen LogP contribution < -0.4 is 0 Å². The number of carboxylic acids is 1. The van der Waals surface area contributed by atoms with E-state index >= 15 is 0 Å². The van der Waals surface area contributed by atoms with Gasteiger partial charge < -0.3 is 5.11 Å². The molecule has 3 nitrogen and oxygen atoms in total. The lowest BCUT2D eigenvalue weighted by molar-refractivity contribution is -0.136. The van der Waals surface area contributed by atoms with Crippen molar-refractivity contribution in [1.82, 2.24) is 0 Å². The molecule has 0 fully saturated rings. The zero-order valence-electron chi connectivity index (χ0n) is 6.92. The van der Waals surface area contributed by atoms with Crippen LogP contribution in [0.5, 0.6) is 0 Å². The molecule has 0 bridgehead atoms. The second kappa shape index (κ2) is 4.75. The summed E-state index contributed by atoms with van der Waals surface area (Å²) in [6.07, 6.45) is -0.139. The van der Waals surface area contributed by atoms with Gasteiger partial charge in [0.1, 0.15) is 6.07 Å². The van der Waals surface area contributed by atoms with E-state index in [4.69, 9.17) is 10.4 Å². The maximum absolute atomic E-state index is 10.6. The van der Waals surface area contributed by atoms with Crippen molar-refractivity contribution in [3.63, 3.8) is 0 Å². The van der Waals surface area contributed by atoms with Gasteiger partial charge in [-0.2, -0.15) is 5.26 Å². The Hall–Kier alpha value is -0.610. The molecule has 5 heteroatoms.